The van der Waals surface area contributed by atoms with Crippen molar-refractivity contribution in [1.82, 2.24) is 0 Å². The zero-order valence-corrected chi connectivity index (χ0v) is 26.0. The summed E-state index contributed by atoms with van der Waals surface area (Å²) in [6.07, 6.45) is 0. The molecule has 0 radical (unpaired) electrons. The summed E-state index contributed by atoms with van der Waals surface area (Å²) in [7, 11) is 0. The number of hydrogen-bond acceptors (Lipinski definition) is 4. The minimum Gasteiger partial charge on any atom is -0.508 e. The summed E-state index contributed by atoms with van der Waals surface area (Å²) in [5, 5.41) is 29.8. The Hall–Kier alpha value is -6.52. The molecule has 9 rings (SSSR count). The van der Waals surface area contributed by atoms with Gasteiger partial charge in [-0.05, 0) is 117 Å². The highest BCUT2D eigenvalue weighted by molar-refractivity contribution is 6.35. The average Bonchev–Trinajstić information content (AvgIpc) is 3.14. The molecule has 0 bridgehead atoms. The van der Waals surface area contributed by atoms with Crippen molar-refractivity contribution in [1.29, 1.82) is 0 Å². The van der Waals surface area contributed by atoms with Gasteiger partial charge >= 0.3 is 0 Å². The van der Waals surface area contributed by atoms with Crippen molar-refractivity contribution in [2.24, 2.45) is 0 Å². The smallest absolute Gasteiger partial charge is 0.115 e. The lowest BCUT2D eigenvalue weighted by Gasteiger charge is -2.29. The van der Waals surface area contributed by atoms with Crippen LogP contribution in [0.3, 0.4) is 0 Å². The molecule has 0 amide bonds. The summed E-state index contributed by atoms with van der Waals surface area (Å²) < 4.78 is 0. The van der Waals surface area contributed by atoms with Crippen molar-refractivity contribution >= 4 is 77.2 Å². The molecular formula is C44H30N2O2. The predicted molar refractivity (Wildman–Crippen MR) is 200 cm³/mol. The summed E-state index contributed by atoms with van der Waals surface area (Å²) >= 11 is 0. The van der Waals surface area contributed by atoms with E-state index in [0.717, 1.165) is 44.9 Å². The molecule has 0 aromatic heterocycles. The van der Waals surface area contributed by atoms with Gasteiger partial charge in [-0.25, -0.2) is 0 Å². The number of aromatic hydroxyl groups is 2. The van der Waals surface area contributed by atoms with Gasteiger partial charge in [-0.15, -0.1) is 0 Å². The maximum atomic E-state index is 10.1. The van der Waals surface area contributed by atoms with Gasteiger partial charge in [0.1, 0.15) is 11.5 Å². The van der Waals surface area contributed by atoms with Gasteiger partial charge in [0.05, 0.1) is 11.4 Å². The molecule has 9 aromatic carbocycles. The Morgan fingerprint density at radius 2 is 0.604 bits per heavy atom. The third-order valence-electron chi connectivity index (χ3n) is 9.34. The van der Waals surface area contributed by atoms with E-state index in [-0.39, 0.29) is 11.5 Å². The second-order valence-electron chi connectivity index (χ2n) is 12.1. The minimum atomic E-state index is 0.240. The molecule has 0 saturated heterocycles. The van der Waals surface area contributed by atoms with Crippen LogP contribution in [-0.2, 0) is 0 Å². The zero-order chi connectivity index (χ0) is 32.2. The normalized spacial score (nSPS) is 11.5. The number of para-hydroxylation sites is 2. The Bertz CT molecular complexity index is 2360. The minimum absolute atomic E-state index is 0.240. The molecule has 0 spiro atoms. The molecule has 228 valence electrons. The van der Waals surface area contributed by atoms with Crippen LogP contribution in [0.4, 0.5) is 34.1 Å². The Morgan fingerprint density at radius 1 is 0.271 bits per heavy atom. The molecule has 0 fully saturated rings. The van der Waals surface area contributed by atoms with Gasteiger partial charge in [-0.1, -0.05) is 84.9 Å². The highest BCUT2D eigenvalue weighted by Crippen LogP contribution is 2.48. The lowest BCUT2D eigenvalue weighted by Crippen LogP contribution is -2.11. The Morgan fingerprint density at radius 3 is 1.00 bits per heavy atom. The fourth-order valence-corrected chi connectivity index (χ4v) is 7.28. The summed E-state index contributed by atoms with van der Waals surface area (Å²) in [5.41, 5.74) is 6.17. The largest absolute Gasteiger partial charge is 0.508 e. The van der Waals surface area contributed by atoms with E-state index in [2.05, 4.69) is 119 Å². The van der Waals surface area contributed by atoms with Crippen LogP contribution < -0.4 is 9.80 Å². The topological polar surface area (TPSA) is 46.9 Å². The van der Waals surface area contributed by atoms with E-state index in [1.807, 2.05) is 36.4 Å². The summed E-state index contributed by atoms with van der Waals surface area (Å²) in [4.78, 5) is 4.52. The second kappa shape index (κ2) is 11.1. The van der Waals surface area contributed by atoms with Crippen molar-refractivity contribution in [3.8, 4) is 11.5 Å². The first-order valence-electron chi connectivity index (χ1n) is 16.1. The Labute approximate surface area is 277 Å². The molecule has 0 atom stereocenters. The van der Waals surface area contributed by atoms with Crippen LogP contribution >= 0.6 is 0 Å². The van der Waals surface area contributed by atoms with Crippen molar-refractivity contribution in [2.45, 2.75) is 0 Å². The van der Waals surface area contributed by atoms with Gasteiger partial charge in [0, 0.05) is 33.5 Å². The number of rotatable bonds is 6. The average molecular weight is 619 g/mol. The molecule has 0 aliphatic rings. The van der Waals surface area contributed by atoms with Gasteiger partial charge in [-0.3, -0.25) is 0 Å². The molecule has 2 N–H and O–H groups in total. The number of benzene rings is 9. The van der Waals surface area contributed by atoms with Crippen LogP contribution in [0, 0.1) is 0 Å². The van der Waals surface area contributed by atoms with E-state index < -0.39 is 0 Å². The molecule has 4 nitrogen and oxygen atoms in total. The summed E-state index contributed by atoms with van der Waals surface area (Å²) in [5.74, 6) is 0.480. The van der Waals surface area contributed by atoms with Crippen LogP contribution in [0.2, 0.25) is 0 Å². The van der Waals surface area contributed by atoms with Crippen molar-refractivity contribution in [3.05, 3.63) is 170 Å². The molecule has 4 heteroatoms. The van der Waals surface area contributed by atoms with E-state index in [4.69, 9.17) is 0 Å². The van der Waals surface area contributed by atoms with Gasteiger partial charge < -0.3 is 20.0 Å². The Kier molecular flexibility index (Phi) is 6.41. The van der Waals surface area contributed by atoms with E-state index in [1.54, 1.807) is 24.3 Å². The highest BCUT2D eigenvalue weighted by Gasteiger charge is 2.22. The SMILES string of the molecule is Oc1ccc(N(c2ccccc2)c2ccc3c4cccc5c(N(c6ccccc6)c6ccc(O)cc6)ccc(c6cccc2c63)c54)cc1. The van der Waals surface area contributed by atoms with Gasteiger partial charge in [0.2, 0.25) is 0 Å². The van der Waals surface area contributed by atoms with Gasteiger partial charge in [0.15, 0.2) is 0 Å². The fraction of sp³-hybridized carbons (Fsp3) is 0. The molecule has 0 aliphatic heterocycles. The number of fused-ring (bicyclic) bond motifs is 2. The quantitative estimate of drug-likeness (QED) is 0.144. The molecular weight excluding hydrogens is 588 g/mol. The lowest BCUT2D eigenvalue weighted by molar-refractivity contribution is 0.475. The summed E-state index contributed by atoms with van der Waals surface area (Å²) in [6.45, 7) is 0. The first-order chi connectivity index (χ1) is 23.7. The van der Waals surface area contributed by atoms with Crippen LogP contribution in [0.1, 0.15) is 0 Å². The summed E-state index contributed by atoms with van der Waals surface area (Å²) in [6, 6.07) is 57.7. The Balaban J connectivity index is 1.32. The molecule has 0 aliphatic carbocycles. The number of nitrogens with zero attached hydrogens (tertiary/aromatic N) is 2. The second-order valence-corrected chi connectivity index (χ2v) is 12.1. The number of phenols is 2. The van der Waals surface area contributed by atoms with E-state index in [9.17, 15) is 10.2 Å². The zero-order valence-electron chi connectivity index (χ0n) is 26.0. The fourth-order valence-electron chi connectivity index (χ4n) is 7.28. The van der Waals surface area contributed by atoms with Gasteiger partial charge in [-0.2, -0.15) is 0 Å². The van der Waals surface area contributed by atoms with Crippen molar-refractivity contribution in [3.63, 3.8) is 0 Å². The number of hydrogen-bond donors (Lipinski definition) is 2. The number of phenolic OH excluding ortho intramolecular Hbond substituents is 2. The molecule has 0 unspecified atom stereocenters. The van der Waals surface area contributed by atoms with Crippen molar-refractivity contribution < 1.29 is 10.2 Å². The van der Waals surface area contributed by atoms with Crippen molar-refractivity contribution in [2.75, 3.05) is 9.80 Å². The maximum absolute atomic E-state index is 10.1. The van der Waals surface area contributed by atoms with E-state index >= 15 is 0 Å². The van der Waals surface area contributed by atoms with Crippen LogP contribution in [0.25, 0.3) is 43.1 Å². The maximum Gasteiger partial charge on any atom is 0.115 e. The van der Waals surface area contributed by atoms with E-state index in [1.165, 1.54) is 32.3 Å². The first kappa shape index (κ1) is 27.8. The third-order valence-corrected chi connectivity index (χ3v) is 9.34. The highest BCUT2D eigenvalue weighted by atomic mass is 16.3. The lowest BCUT2D eigenvalue weighted by atomic mass is 9.88. The molecule has 9 aromatic rings. The van der Waals surface area contributed by atoms with E-state index in [0.29, 0.717) is 0 Å². The third kappa shape index (κ3) is 4.38. The van der Waals surface area contributed by atoms with Crippen LogP contribution in [0.15, 0.2) is 170 Å². The molecule has 0 saturated carbocycles. The standard InChI is InChI=1S/C44H30N2O2/c47-33-21-17-31(18-22-33)45(29-9-3-1-4-10-29)41-27-25-37-36-14-8-16-40-42(28-26-38(44(36)40)35-13-7-15-39(41)43(35)37)46(30-11-5-2-6-12-30)32-19-23-34(48)24-20-32/h1-28,47-48H. The van der Waals surface area contributed by atoms with Crippen LogP contribution in [0.5, 0.6) is 11.5 Å². The molecule has 48 heavy (non-hydrogen) atoms. The van der Waals surface area contributed by atoms with Crippen LogP contribution in [-0.4, -0.2) is 10.2 Å². The predicted octanol–water partition coefficient (Wildman–Crippen LogP) is 12.1. The number of anilines is 6. The first-order valence-corrected chi connectivity index (χ1v) is 16.1. The van der Waals surface area contributed by atoms with Gasteiger partial charge in [0.25, 0.3) is 0 Å². The molecule has 0 heterocycles. The monoisotopic (exact) mass is 618 g/mol.